The molecular formula is C35H30N2. The van der Waals surface area contributed by atoms with Crippen molar-refractivity contribution in [2.24, 2.45) is 0 Å². The lowest BCUT2D eigenvalue weighted by Crippen LogP contribution is -2.20. The third kappa shape index (κ3) is 3.05. The predicted octanol–water partition coefficient (Wildman–Crippen LogP) is 8.73. The monoisotopic (exact) mass is 478 g/mol. The van der Waals surface area contributed by atoms with Crippen molar-refractivity contribution in [2.75, 3.05) is 0 Å². The van der Waals surface area contributed by atoms with Crippen molar-refractivity contribution in [3.05, 3.63) is 119 Å². The number of aromatic nitrogens is 2. The highest BCUT2D eigenvalue weighted by atomic mass is 14.9. The highest BCUT2D eigenvalue weighted by molar-refractivity contribution is 5.87. The molecule has 7 rings (SSSR count). The first-order valence-corrected chi connectivity index (χ1v) is 13.1. The quantitative estimate of drug-likeness (QED) is 0.253. The molecule has 0 saturated carbocycles. The van der Waals surface area contributed by atoms with Crippen LogP contribution in [0.15, 0.2) is 91.0 Å². The first-order chi connectivity index (χ1) is 17.8. The van der Waals surface area contributed by atoms with E-state index in [0.29, 0.717) is 0 Å². The summed E-state index contributed by atoms with van der Waals surface area (Å²) < 4.78 is 0. The Morgan fingerprint density at radius 1 is 0.514 bits per heavy atom. The number of nitrogens with zero attached hydrogens (tertiary/aromatic N) is 2. The zero-order valence-electron chi connectivity index (χ0n) is 22.1. The van der Waals surface area contributed by atoms with E-state index in [4.69, 9.17) is 9.97 Å². The van der Waals surface area contributed by atoms with Crippen LogP contribution in [0.4, 0.5) is 0 Å². The van der Waals surface area contributed by atoms with Gasteiger partial charge >= 0.3 is 0 Å². The van der Waals surface area contributed by atoms with Crippen LogP contribution in [-0.2, 0) is 10.8 Å². The summed E-state index contributed by atoms with van der Waals surface area (Å²) >= 11 is 0. The molecule has 1 aromatic heterocycles. The molecule has 37 heavy (non-hydrogen) atoms. The molecule has 180 valence electrons. The molecule has 2 heteroatoms. The fourth-order valence-electron chi connectivity index (χ4n) is 6.39. The Labute approximate surface area is 219 Å². The van der Waals surface area contributed by atoms with E-state index in [-0.39, 0.29) is 10.8 Å². The van der Waals surface area contributed by atoms with E-state index in [9.17, 15) is 0 Å². The van der Waals surface area contributed by atoms with Crippen LogP contribution in [0.3, 0.4) is 0 Å². The summed E-state index contributed by atoms with van der Waals surface area (Å²) in [7, 11) is 0. The fraction of sp³-hybridized carbons (Fsp3) is 0.200. The number of hydrogen-bond donors (Lipinski definition) is 0. The van der Waals surface area contributed by atoms with Gasteiger partial charge in [0.25, 0.3) is 0 Å². The first-order valence-electron chi connectivity index (χ1n) is 13.1. The molecule has 0 bridgehead atoms. The Kier molecular flexibility index (Phi) is 4.49. The van der Waals surface area contributed by atoms with Crippen molar-refractivity contribution in [1.29, 1.82) is 0 Å². The van der Waals surface area contributed by atoms with E-state index in [1.807, 2.05) is 0 Å². The molecule has 2 nitrogen and oxygen atoms in total. The molecule has 0 saturated heterocycles. The molecule has 2 aliphatic carbocycles. The van der Waals surface area contributed by atoms with Crippen LogP contribution in [0, 0.1) is 6.92 Å². The van der Waals surface area contributed by atoms with E-state index in [1.165, 1.54) is 50.1 Å². The number of fused-ring (bicyclic) bond motifs is 6. The maximum absolute atomic E-state index is 5.44. The number of rotatable bonds is 2. The zero-order chi connectivity index (χ0) is 25.5. The summed E-state index contributed by atoms with van der Waals surface area (Å²) in [5, 5.41) is 0. The van der Waals surface area contributed by atoms with Crippen LogP contribution in [0.5, 0.6) is 0 Å². The van der Waals surface area contributed by atoms with Gasteiger partial charge < -0.3 is 0 Å². The van der Waals surface area contributed by atoms with Gasteiger partial charge in [0.2, 0.25) is 0 Å². The van der Waals surface area contributed by atoms with E-state index in [1.54, 1.807) is 0 Å². The number of hydrogen-bond acceptors (Lipinski definition) is 2. The largest absolute Gasteiger partial charge is 0.248 e. The summed E-state index contributed by atoms with van der Waals surface area (Å²) in [5.41, 5.74) is 15.2. The van der Waals surface area contributed by atoms with Crippen LogP contribution >= 0.6 is 0 Å². The van der Waals surface area contributed by atoms with Crippen LogP contribution in [-0.4, -0.2) is 9.97 Å². The molecule has 0 radical (unpaired) electrons. The van der Waals surface area contributed by atoms with Gasteiger partial charge in [0, 0.05) is 22.0 Å². The standard InChI is InChI=1S/C35H30N2/c1-21-18-25(23-14-10-7-11-15-23)20-28-29(21)31-33(35(28,4)5)36-30-26-17-16-24(22-12-8-6-9-13-22)19-27(26)34(2,3)32(30)37-31/h6-20H,1-5H3. The van der Waals surface area contributed by atoms with Crippen molar-refractivity contribution in [3.8, 4) is 44.8 Å². The van der Waals surface area contributed by atoms with Gasteiger partial charge in [0.05, 0.1) is 22.8 Å². The van der Waals surface area contributed by atoms with Gasteiger partial charge in [-0.2, -0.15) is 0 Å². The van der Waals surface area contributed by atoms with Crippen molar-refractivity contribution in [2.45, 2.75) is 45.4 Å². The second kappa shape index (κ2) is 7.49. The Balaban J connectivity index is 1.41. The van der Waals surface area contributed by atoms with E-state index in [0.717, 1.165) is 22.8 Å². The van der Waals surface area contributed by atoms with Crippen LogP contribution < -0.4 is 0 Å². The van der Waals surface area contributed by atoms with Gasteiger partial charge in [-0.25, -0.2) is 9.97 Å². The maximum atomic E-state index is 5.44. The zero-order valence-corrected chi connectivity index (χ0v) is 22.1. The van der Waals surface area contributed by atoms with Crippen molar-refractivity contribution < 1.29 is 0 Å². The molecule has 4 aromatic carbocycles. The van der Waals surface area contributed by atoms with Gasteiger partial charge in [-0.3, -0.25) is 0 Å². The van der Waals surface area contributed by atoms with Gasteiger partial charge in [-0.1, -0.05) is 107 Å². The van der Waals surface area contributed by atoms with Crippen molar-refractivity contribution in [1.82, 2.24) is 9.97 Å². The summed E-state index contributed by atoms with van der Waals surface area (Å²) in [5.74, 6) is 0. The lowest BCUT2D eigenvalue weighted by molar-refractivity contribution is 0.617. The maximum Gasteiger partial charge on any atom is 0.0936 e. The molecule has 1 heterocycles. The predicted molar refractivity (Wildman–Crippen MR) is 153 cm³/mol. The second-order valence-electron chi connectivity index (χ2n) is 11.6. The average molecular weight is 479 g/mol. The molecule has 0 spiro atoms. The number of aryl methyl sites for hydroxylation is 1. The molecular weight excluding hydrogens is 448 g/mol. The number of benzene rings is 4. The summed E-state index contributed by atoms with van der Waals surface area (Å²) in [6, 6.07) is 32.7. The molecule has 0 N–H and O–H groups in total. The van der Waals surface area contributed by atoms with Crippen LogP contribution in [0.1, 0.15) is 55.8 Å². The Hall–Kier alpha value is -4.04. The lowest BCUT2D eigenvalue weighted by atomic mass is 9.83. The van der Waals surface area contributed by atoms with Crippen molar-refractivity contribution in [3.63, 3.8) is 0 Å². The molecule has 2 aliphatic rings. The Bertz CT molecular complexity index is 1710. The van der Waals surface area contributed by atoms with Gasteiger partial charge in [-0.15, -0.1) is 0 Å². The third-order valence-electron chi connectivity index (χ3n) is 8.49. The fourth-order valence-corrected chi connectivity index (χ4v) is 6.39. The normalized spacial score (nSPS) is 15.6. The highest BCUT2D eigenvalue weighted by Gasteiger charge is 2.45. The Morgan fingerprint density at radius 3 is 1.73 bits per heavy atom. The SMILES string of the molecule is Cc1cc(-c2ccccc2)cc2c1-c1nc3c(nc1C2(C)C)-c1ccc(-c2ccccc2)cc1C3(C)C. The van der Waals surface area contributed by atoms with Gasteiger partial charge in [0.1, 0.15) is 0 Å². The minimum Gasteiger partial charge on any atom is -0.248 e. The molecule has 0 aliphatic heterocycles. The van der Waals surface area contributed by atoms with Crippen LogP contribution in [0.2, 0.25) is 0 Å². The van der Waals surface area contributed by atoms with E-state index in [2.05, 4.69) is 126 Å². The molecule has 0 atom stereocenters. The smallest absolute Gasteiger partial charge is 0.0936 e. The summed E-state index contributed by atoms with van der Waals surface area (Å²) in [4.78, 5) is 10.9. The minimum absolute atomic E-state index is 0.220. The summed E-state index contributed by atoms with van der Waals surface area (Å²) in [6.45, 7) is 11.4. The highest BCUT2D eigenvalue weighted by Crippen LogP contribution is 2.54. The minimum atomic E-state index is -0.223. The van der Waals surface area contributed by atoms with Crippen molar-refractivity contribution >= 4 is 0 Å². The third-order valence-corrected chi connectivity index (χ3v) is 8.49. The molecule has 0 unspecified atom stereocenters. The van der Waals surface area contributed by atoms with E-state index < -0.39 is 0 Å². The molecule has 0 amide bonds. The molecule has 5 aromatic rings. The summed E-state index contributed by atoms with van der Waals surface area (Å²) in [6.07, 6.45) is 0. The second-order valence-corrected chi connectivity index (χ2v) is 11.6. The van der Waals surface area contributed by atoms with Gasteiger partial charge in [-0.05, 0) is 58.0 Å². The molecule has 0 fully saturated rings. The van der Waals surface area contributed by atoms with Gasteiger partial charge in [0.15, 0.2) is 0 Å². The van der Waals surface area contributed by atoms with E-state index >= 15 is 0 Å². The topological polar surface area (TPSA) is 25.8 Å². The Morgan fingerprint density at radius 2 is 1.05 bits per heavy atom. The average Bonchev–Trinajstić information content (AvgIpc) is 3.28. The lowest BCUT2D eigenvalue weighted by Gasteiger charge is -2.22. The first kappa shape index (κ1) is 22.2. The van der Waals surface area contributed by atoms with Crippen LogP contribution in [0.25, 0.3) is 44.8 Å².